The number of aromatic amines is 1. The van der Waals surface area contributed by atoms with Crippen molar-refractivity contribution in [2.75, 3.05) is 27.2 Å². The maximum atomic E-state index is 5.84. The molecule has 0 saturated carbocycles. The van der Waals surface area contributed by atoms with Crippen LogP contribution in [0.4, 0.5) is 0 Å². The van der Waals surface area contributed by atoms with E-state index in [0.717, 1.165) is 47.2 Å². The number of nitrogens with one attached hydrogen (secondary N) is 1. The monoisotopic (exact) mass is 349 g/mol. The van der Waals surface area contributed by atoms with Crippen molar-refractivity contribution in [2.24, 2.45) is 0 Å². The van der Waals surface area contributed by atoms with Crippen LogP contribution in [0.2, 0.25) is 0 Å². The normalized spacial score (nSPS) is 11.7. The maximum absolute atomic E-state index is 5.84. The fourth-order valence-electron chi connectivity index (χ4n) is 3.13. The van der Waals surface area contributed by atoms with Gasteiger partial charge in [0.15, 0.2) is 5.65 Å². The summed E-state index contributed by atoms with van der Waals surface area (Å²) in [6, 6.07) is 12.1. The largest absolute Gasteiger partial charge is 0.477 e. The summed E-state index contributed by atoms with van der Waals surface area (Å²) in [5, 5.41) is 5.81. The van der Waals surface area contributed by atoms with E-state index in [0.29, 0.717) is 12.5 Å². The zero-order chi connectivity index (χ0) is 17.9. The van der Waals surface area contributed by atoms with Crippen molar-refractivity contribution in [3.05, 3.63) is 48.8 Å². The van der Waals surface area contributed by atoms with Gasteiger partial charge in [0.25, 0.3) is 0 Å². The molecule has 3 aromatic heterocycles. The van der Waals surface area contributed by atoms with Crippen molar-refractivity contribution in [3.8, 4) is 17.1 Å². The van der Waals surface area contributed by atoms with E-state index >= 15 is 0 Å². The average Bonchev–Trinajstić information content (AvgIpc) is 3.27. The molecule has 0 fully saturated rings. The first kappa shape index (κ1) is 16.6. The van der Waals surface area contributed by atoms with Gasteiger partial charge in [-0.15, -0.1) is 5.10 Å². The molecule has 3 heterocycles. The predicted molar refractivity (Wildman–Crippen MR) is 104 cm³/mol. The zero-order valence-electron chi connectivity index (χ0n) is 15.1. The van der Waals surface area contributed by atoms with Gasteiger partial charge in [-0.25, -0.2) is 9.50 Å². The number of nitrogens with zero attached hydrogens (tertiary/aromatic N) is 4. The Balaban J connectivity index is 1.58. The highest BCUT2D eigenvalue weighted by molar-refractivity contribution is 5.94. The number of benzene rings is 1. The Kier molecular flexibility index (Phi) is 4.58. The molecule has 134 valence electrons. The summed E-state index contributed by atoms with van der Waals surface area (Å²) in [6.45, 7) is 1.74. The molecule has 0 aliphatic rings. The molecule has 4 aromatic rings. The van der Waals surface area contributed by atoms with Crippen molar-refractivity contribution < 1.29 is 4.74 Å². The van der Waals surface area contributed by atoms with E-state index in [2.05, 4.69) is 52.3 Å². The number of fused-ring (bicyclic) bond motifs is 2. The minimum absolute atomic E-state index is 0.628. The van der Waals surface area contributed by atoms with Gasteiger partial charge in [0.1, 0.15) is 0 Å². The Hall–Kier alpha value is -2.86. The van der Waals surface area contributed by atoms with Crippen LogP contribution >= 0.6 is 0 Å². The molecule has 0 radical (unpaired) electrons. The molecule has 0 atom stereocenters. The number of H-pyrrole nitrogens is 1. The van der Waals surface area contributed by atoms with E-state index in [-0.39, 0.29) is 0 Å². The van der Waals surface area contributed by atoms with Crippen LogP contribution in [0.5, 0.6) is 5.88 Å². The zero-order valence-corrected chi connectivity index (χ0v) is 15.1. The van der Waals surface area contributed by atoms with Crippen LogP contribution in [0, 0.1) is 0 Å². The van der Waals surface area contributed by atoms with E-state index in [1.165, 1.54) is 0 Å². The Morgan fingerprint density at radius 3 is 2.92 bits per heavy atom. The highest BCUT2D eigenvalue weighted by Gasteiger charge is 2.11. The average molecular weight is 349 g/mol. The molecular formula is C20H23N5O. The van der Waals surface area contributed by atoms with Gasteiger partial charge >= 0.3 is 0 Å². The highest BCUT2D eigenvalue weighted by Crippen LogP contribution is 2.28. The van der Waals surface area contributed by atoms with Crippen molar-refractivity contribution in [3.63, 3.8) is 0 Å². The Morgan fingerprint density at radius 1 is 1.12 bits per heavy atom. The first-order valence-electron chi connectivity index (χ1n) is 8.91. The lowest BCUT2D eigenvalue weighted by molar-refractivity contribution is 0.280. The van der Waals surface area contributed by atoms with Gasteiger partial charge in [0, 0.05) is 28.7 Å². The topological polar surface area (TPSA) is 58.5 Å². The van der Waals surface area contributed by atoms with Crippen molar-refractivity contribution in [1.82, 2.24) is 24.5 Å². The summed E-state index contributed by atoms with van der Waals surface area (Å²) in [4.78, 5) is 9.92. The van der Waals surface area contributed by atoms with Gasteiger partial charge < -0.3 is 14.6 Å². The van der Waals surface area contributed by atoms with Crippen molar-refractivity contribution in [2.45, 2.75) is 12.8 Å². The minimum atomic E-state index is 0.628. The van der Waals surface area contributed by atoms with E-state index in [1.807, 2.05) is 35.1 Å². The molecule has 0 aliphatic heterocycles. The third-order valence-electron chi connectivity index (χ3n) is 4.46. The molecule has 4 rings (SSSR count). The molecular weight excluding hydrogens is 326 g/mol. The second-order valence-corrected chi connectivity index (χ2v) is 6.69. The molecule has 0 bridgehead atoms. The molecule has 1 aromatic carbocycles. The van der Waals surface area contributed by atoms with E-state index in [4.69, 9.17) is 4.74 Å². The molecule has 26 heavy (non-hydrogen) atoms. The molecule has 0 saturated heterocycles. The number of unbranched alkanes of at least 4 members (excludes halogenated alkanes) is 1. The van der Waals surface area contributed by atoms with Crippen LogP contribution in [0.15, 0.2) is 48.8 Å². The van der Waals surface area contributed by atoms with Gasteiger partial charge in [-0.2, -0.15) is 0 Å². The Morgan fingerprint density at radius 2 is 2.04 bits per heavy atom. The highest BCUT2D eigenvalue weighted by atomic mass is 16.5. The third-order valence-corrected chi connectivity index (χ3v) is 4.46. The van der Waals surface area contributed by atoms with Gasteiger partial charge in [0.2, 0.25) is 5.88 Å². The van der Waals surface area contributed by atoms with Crippen LogP contribution in [0.3, 0.4) is 0 Å². The number of hydrogen-bond acceptors (Lipinski definition) is 4. The van der Waals surface area contributed by atoms with Gasteiger partial charge in [-0.1, -0.05) is 12.1 Å². The first-order chi connectivity index (χ1) is 12.7. The Labute approximate surface area is 152 Å². The van der Waals surface area contributed by atoms with E-state index < -0.39 is 0 Å². The van der Waals surface area contributed by atoms with Gasteiger partial charge in [-0.3, -0.25) is 0 Å². The van der Waals surface area contributed by atoms with Crippen molar-refractivity contribution in [1.29, 1.82) is 0 Å². The number of rotatable bonds is 7. The number of imidazole rings is 1. The molecule has 0 unspecified atom stereocenters. The van der Waals surface area contributed by atoms with Crippen LogP contribution in [0.25, 0.3) is 27.8 Å². The molecule has 1 N–H and O–H groups in total. The van der Waals surface area contributed by atoms with E-state index in [9.17, 15) is 0 Å². The quantitative estimate of drug-likeness (QED) is 0.518. The summed E-state index contributed by atoms with van der Waals surface area (Å²) in [5.41, 5.74) is 3.98. The molecule has 0 amide bonds. The van der Waals surface area contributed by atoms with Gasteiger partial charge in [-0.05, 0) is 51.7 Å². The standard InChI is InChI=1S/C20H23N5O/c1-24(2)12-3-4-13-26-20-9-8-19-22-14-18(25(19)23-20)16-6-5-7-17-15(16)10-11-21-17/h5-11,14,21H,3-4,12-13H2,1-2H3. The molecule has 0 aliphatic carbocycles. The smallest absolute Gasteiger partial charge is 0.231 e. The number of ether oxygens (including phenoxy) is 1. The summed E-state index contributed by atoms with van der Waals surface area (Å²) >= 11 is 0. The second-order valence-electron chi connectivity index (χ2n) is 6.69. The fraction of sp³-hybridized carbons (Fsp3) is 0.300. The third kappa shape index (κ3) is 3.28. The molecule has 6 nitrogen and oxygen atoms in total. The van der Waals surface area contributed by atoms with Crippen molar-refractivity contribution >= 4 is 16.6 Å². The lowest BCUT2D eigenvalue weighted by Gasteiger charge is -2.10. The Bertz CT molecular complexity index is 1020. The summed E-state index contributed by atoms with van der Waals surface area (Å²) in [7, 11) is 4.17. The lowest BCUT2D eigenvalue weighted by Crippen LogP contribution is -2.14. The van der Waals surface area contributed by atoms with Crippen LogP contribution in [0.1, 0.15) is 12.8 Å². The first-order valence-corrected chi connectivity index (χ1v) is 8.91. The number of aromatic nitrogens is 4. The number of hydrogen-bond donors (Lipinski definition) is 1. The fourth-order valence-corrected chi connectivity index (χ4v) is 3.13. The molecule has 6 heteroatoms. The summed E-state index contributed by atoms with van der Waals surface area (Å²) in [6.07, 6.45) is 5.94. The maximum Gasteiger partial charge on any atom is 0.231 e. The van der Waals surface area contributed by atoms with E-state index in [1.54, 1.807) is 0 Å². The second kappa shape index (κ2) is 7.17. The minimum Gasteiger partial charge on any atom is -0.477 e. The summed E-state index contributed by atoms with van der Waals surface area (Å²) < 4.78 is 7.70. The SMILES string of the molecule is CN(C)CCCCOc1ccc2ncc(-c3cccc4[nH]ccc34)n2n1. The lowest BCUT2D eigenvalue weighted by atomic mass is 10.1. The van der Waals surface area contributed by atoms with Crippen LogP contribution in [-0.4, -0.2) is 51.7 Å². The van der Waals surface area contributed by atoms with Gasteiger partial charge in [0.05, 0.1) is 18.5 Å². The molecule has 0 spiro atoms. The van der Waals surface area contributed by atoms with Crippen LogP contribution < -0.4 is 4.74 Å². The summed E-state index contributed by atoms with van der Waals surface area (Å²) in [5.74, 6) is 0.628. The predicted octanol–water partition coefficient (Wildman–Crippen LogP) is 3.60. The van der Waals surface area contributed by atoms with Crippen LogP contribution in [-0.2, 0) is 0 Å².